The molecule has 6 nitrogen and oxygen atoms in total. The molecule has 1 N–H and O–H groups in total. The average molecular weight is 313 g/mol. The maximum atomic E-state index is 12.1. The first-order valence-electron chi connectivity index (χ1n) is 6.47. The lowest BCUT2D eigenvalue weighted by Crippen LogP contribution is -2.40. The van der Waals surface area contributed by atoms with Gasteiger partial charge in [0, 0.05) is 6.54 Å². The van der Waals surface area contributed by atoms with Crippen molar-refractivity contribution in [3.05, 3.63) is 35.9 Å². The van der Waals surface area contributed by atoms with Crippen LogP contribution in [0.15, 0.2) is 30.3 Å². The van der Waals surface area contributed by atoms with Gasteiger partial charge in [-0.3, -0.25) is 9.59 Å². The topological polar surface area (TPSA) is 91.8 Å². The van der Waals surface area contributed by atoms with Crippen molar-refractivity contribution >= 4 is 21.7 Å². The van der Waals surface area contributed by atoms with Crippen LogP contribution in [0.2, 0.25) is 0 Å². The Hall–Kier alpha value is -1.89. The van der Waals surface area contributed by atoms with Gasteiger partial charge in [0.05, 0.1) is 5.25 Å². The van der Waals surface area contributed by atoms with Crippen LogP contribution in [-0.4, -0.2) is 47.8 Å². The second kappa shape index (κ2) is 7.21. The highest BCUT2D eigenvalue weighted by molar-refractivity contribution is 7.92. The van der Waals surface area contributed by atoms with E-state index in [0.717, 1.165) is 10.5 Å². The van der Waals surface area contributed by atoms with Gasteiger partial charge in [0.25, 0.3) is 0 Å². The second-order valence-corrected chi connectivity index (χ2v) is 7.54. The number of hydrogen-bond acceptors (Lipinski definition) is 4. The Labute approximate surface area is 124 Å². The zero-order valence-electron chi connectivity index (χ0n) is 12.0. The lowest BCUT2D eigenvalue weighted by Gasteiger charge is -2.21. The minimum Gasteiger partial charge on any atom is -0.480 e. The number of carbonyl (C=O) groups is 2. The summed E-state index contributed by atoms with van der Waals surface area (Å²) in [7, 11) is -3.55. The second-order valence-electron chi connectivity index (χ2n) is 4.99. The highest BCUT2D eigenvalue weighted by atomic mass is 32.2. The van der Waals surface area contributed by atoms with Crippen LogP contribution in [0.3, 0.4) is 0 Å². The van der Waals surface area contributed by atoms with Gasteiger partial charge in [-0.05, 0) is 19.4 Å². The number of hydrogen-bond donors (Lipinski definition) is 1. The van der Waals surface area contributed by atoms with Crippen molar-refractivity contribution in [3.63, 3.8) is 0 Å². The third kappa shape index (κ3) is 5.55. The number of amides is 1. The molecule has 0 heterocycles. The molecular weight excluding hydrogens is 294 g/mol. The Kier molecular flexibility index (Phi) is 5.90. The first-order chi connectivity index (χ1) is 9.72. The van der Waals surface area contributed by atoms with Gasteiger partial charge in [-0.1, -0.05) is 30.3 Å². The first-order valence-corrected chi connectivity index (χ1v) is 8.19. The maximum absolute atomic E-state index is 12.1. The van der Waals surface area contributed by atoms with Crippen molar-refractivity contribution in [1.82, 2.24) is 4.90 Å². The van der Waals surface area contributed by atoms with E-state index < -0.39 is 39.3 Å². The molecule has 0 aromatic heterocycles. The standard InChI is InChI=1S/C14H19NO5S/c1-11(2)21(19,20)10-13(16)15(9-14(17)18)8-12-6-4-3-5-7-12/h3-7,11H,8-10H2,1-2H3,(H,17,18). The normalized spacial score (nSPS) is 11.4. The van der Waals surface area contributed by atoms with Gasteiger partial charge in [0.15, 0.2) is 9.84 Å². The summed E-state index contributed by atoms with van der Waals surface area (Å²) in [6.07, 6.45) is 0. The predicted molar refractivity (Wildman–Crippen MR) is 78.4 cm³/mol. The summed E-state index contributed by atoms with van der Waals surface area (Å²) in [6, 6.07) is 8.83. The van der Waals surface area contributed by atoms with Gasteiger partial charge in [0.2, 0.25) is 5.91 Å². The molecule has 0 saturated carbocycles. The summed E-state index contributed by atoms with van der Waals surface area (Å²) in [5.74, 6) is -2.55. The molecule has 1 amide bonds. The van der Waals surface area contributed by atoms with Crippen LogP contribution < -0.4 is 0 Å². The van der Waals surface area contributed by atoms with Crippen LogP contribution in [-0.2, 0) is 26.0 Å². The van der Waals surface area contributed by atoms with Gasteiger partial charge in [0.1, 0.15) is 12.3 Å². The lowest BCUT2D eigenvalue weighted by molar-refractivity contribution is -0.143. The molecule has 0 atom stereocenters. The molecule has 0 bridgehead atoms. The number of rotatable bonds is 7. The molecule has 0 unspecified atom stereocenters. The summed E-state index contributed by atoms with van der Waals surface area (Å²) >= 11 is 0. The van der Waals surface area contributed by atoms with Crippen molar-refractivity contribution in [3.8, 4) is 0 Å². The number of carboxylic acids is 1. The van der Waals surface area contributed by atoms with Gasteiger partial charge in [-0.25, -0.2) is 8.42 Å². The van der Waals surface area contributed by atoms with Crippen molar-refractivity contribution < 1.29 is 23.1 Å². The summed E-state index contributed by atoms with van der Waals surface area (Å²) in [5.41, 5.74) is 0.744. The monoisotopic (exact) mass is 313 g/mol. The van der Waals surface area contributed by atoms with E-state index in [9.17, 15) is 18.0 Å². The summed E-state index contributed by atoms with van der Waals surface area (Å²) in [4.78, 5) is 24.0. The summed E-state index contributed by atoms with van der Waals surface area (Å²) < 4.78 is 23.6. The number of carbonyl (C=O) groups excluding carboxylic acids is 1. The fourth-order valence-electron chi connectivity index (χ4n) is 1.63. The van der Waals surface area contributed by atoms with Crippen molar-refractivity contribution in [2.75, 3.05) is 12.3 Å². The molecule has 1 rings (SSSR count). The fourth-order valence-corrected chi connectivity index (χ4v) is 2.49. The molecule has 7 heteroatoms. The molecule has 0 fully saturated rings. The minimum atomic E-state index is -3.55. The van der Waals surface area contributed by atoms with Gasteiger partial charge < -0.3 is 10.0 Å². The lowest BCUT2D eigenvalue weighted by atomic mass is 10.2. The Morgan fingerprint density at radius 3 is 2.24 bits per heavy atom. The predicted octanol–water partition coefficient (Wildman–Crippen LogP) is 0.923. The van der Waals surface area contributed by atoms with E-state index in [1.165, 1.54) is 13.8 Å². The van der Waals surface area contributed by atoms with Gasteiger partial charge in [-0.2, -0.15) is 0 Å². The summed E-state index contributed by atoms with van der Waals surface area (Å²) in [6.45, 7) is 2.52. The first kappa shape index (κ1) is 17.2. The van der Waals surface area contributed by atoms with Crippen LogP contribution >= 0.6 is 0 Å². The van der Waals surface area contributed by atoms with E-state index in [0.29, 0.717) is 0 Å². The third-order valence-electron chi connectivity index (χ3n) is 2.94. The number of carboxylic acid groups (broad SMARTS) is 1. The van der Waals surface area contributed by atoms with Gasteiger partial charge in [-0.15, -0.1) is 0 Å². The summed E-state index contributed by atoms with van der Waals surface area (Å²) in [5, 5.41) is 8.20. The zero-order valence-corrected chi connectivity index (χ0v) is 12.8. The molecule has 0 spiro atoms. The molecule has 0 saturated heterocycles. The average Bonchev–Trinajstić information content (AvgIpc) is 2.38. The van der Waals surface area contributed by atoms with E-state index in [-0.39, 0.29) is 6.54 Å². The number of nitrogens with zero attached hydrogens (tertiary/aromatic N) is 1. The molecule has 0 aliphatic rings. The van der Waals surface area contributed by atoms with E-state index in [1.54, 1.807) is 30.3 Å². The van der Waals surface area contributed by atoms with Crippen molar-refractivity contribution in [1.29, 1.82) is 0 Å². The maximum Gasteiger partial charge on any atom is 0.323 e. The van der Waals surface area contributed by atoms with Gasteiger partial charge >= 0.3 is 5.97 Å². The molecule has 1 aromatic rings. The Balaban J connectivity index is 2.87. The van der Waals surface area contributed by atoms with Crippen molar-refractivity contribution in [2.24, 2.45) is 0 Å². The molecular formula is C14H19NO5S. The molecule has 1 aromatic carbocycles. The van der Waals surface area contributed by atoms with E-state index in [2.05, 4.69) is 0 Å². The fraction of sp³-hybridized carbons (Fsp3) is 0.429. The Morgan fingerprint density at radius 1 is 1.19 bits per heavy atom. The number of sulfone groups is 1. The third-order valence-corrected chi connectivity index (χ3v) is 5.02. The van der Waals surface area contributed by atoms with Crippen LogP contribution in [0.4, 0.5) is 0 Å². The van der Waals surface area contributed by atoms with E-state index in [1.807, 2.05) is 0 Å². The Bertz CT molecular complexity index is 595. The van der Waals surface area contributed by atoms with Crippen LogP contribution in [0, 0.1) is 0 Å². The number of aliphatic carboxylic acids is 1. The SMILES string of the molecule is CC(C)S(=O)(=O)CC(=O)N(CC(=O)O)Cc1ccccc1. The smallest absolute Gasteiger partial charge is 0.323 e. The molecule has 21 heavy (non-hydrogen) atoms. The largest absolute Gasteiger partial charge is 0.480 e. The van der Waals surface area contributed by atoms with Crippen molar-refractivity contribution in [2.45, 2.75) is 25.6 Å². The minimum absolute atomic E-state index is 0.0690. The van der Waals surface area contributed by atoms with Crippen LogP contribution in [0.1, 0.15) is 19.4 Å². The highest BCUT2D eigenvalue weighted by Gasteiger charge is 2.25. The molecule has 0 aliphatic carbocycles. The molecule has 0 aliphatic heterocycles. The Morgan fingerprint density at radius 2 is 1.76 bits per heavy atom. The quantitative estimate of drug-likeness (QED) is 0.808. The van der Waals surface area contributed by atoms with Crippen LogP contribution in [0.5, 0.6) is 0 Å². The van der Waals surface area contributed by atoms with Crippen LogP contribution in [0.25, 0.3) is 0 Å². The molecule has 116 valence electrons. The van der Waals surface area contributed by atoms with E-state index >= 15 is 0 Å². The zero-order chi connectivity index (χ0) is 16.0. The molecule has 0 radical (unpaired) electrons. The number of benzene rings is 1. The van der Waals surface area contributed by atoms with E-state index in [4.69, 9.17) is 5.11 Å². The highest BCUT2D eigenvalue weighted by Crippen LogP contribution is 2.08.